The standard InChI is InChI=1S/C28H30O3/c1-3-4-19-7-11-24-22-9-5-17-13-20(29)8-10-21(17)27(22)23(15-28(19,24)2)18-6-12-25-26(14-18)31-16-30-25/h6,12-14,19,22-24H,5,7-11,15-16H2,1-2H3/t19-,22-,23+,24-,28+/m0/s1. The molecule has 3 nitrogen and oxygen atoms in total. The van der Waals surface area contributed by atoms with Gasteiger partial charge < -0.3 is 9.47 Å². The lowest BCUT2D eigenvalue weighted by Gasteiger charge is -2.52. The average molecular weight is 415 g/mol. The Labute approximate surface area is 184 Å². The van der Waals surface area contributed by atoms with Crippen LogP contribution in [0.3, 0.4) is 0 Å². The Morgan fingerprint density at radius 1 is 1.06 bits per heavy atom. The number of allylic oxidation sites excluding steroid dienone is 4. The third-order valence-corrected chi connectivity index (χ3v) is 8.85. The highest BCUT2D eigenvalue weighted by molar-refractivity contribution is 5.93. The lowest BCUT2D eigenvalue weighted by atomic mass is 9.52. The van der Waals surface area contributed by atoms with Gasteiger partial charge in [0.05, 0.1) is 0 Å². The minimum atomic E-state index is 0.241. The van der Waals surface area contributed by atoms with Crippen molar-refractivity contribution in [2.45, 2.75) is 64.7 Å². The number of ketones is 1. The summed E-state index contributed by atoms with van der Waals surface area (Å²) in [5.74, 6) is 11.0. The van der Waals surface area contributed by atoms with Crippen molar-refractivity contribution in [3.63, 3.8) is 0 Å². The van der Waals surface area contributed by atoms with Gasteiger partial charge in [0.2, 0.25) is 6.79 Å². The van der Waals surface area contributed by atoms with Gasteiger partial charge in [-0.25, -0.2) is 0 Å². The number of ether oxygens (including phenoxy) is 2. The largest absolute Gasteiger partial charge is 0.454 e. The molecule has 3 heteroatoms. The number of carbonyl (C=O) groups excluding carboxylic acids is 1. The van der Waals surface area contributed by atoms with Gasteiger partial charge in [0, 0.05) is 18.3 Å². The van der Waals surface area contributed by atoms with Crippen molar-refractivity contribution in [1.82, 2.24) is 0 Å². The van der Waals surface area contributed by atoms with Gasteiger partial charge in [-0.2, -0.15) is 0 Å². The molecular weight excluding hydrogens is 384 g/mol. The Morgan fingerprint density at radius 2 is 1.94 bits per heavy atom. The van der Waals surface area contributed by atoms with E-state index in [1.54, 1.807) is 5.57 Å². The molecule has 160 valence electrons. The van der Waals surface area contributed by atoms with Crippen molar-refractivity contribution in [2.75, 3.05) is 6.79 Å². The van der Waals surface area contributed by atoms with Crippen molar-refractivity contribution >= 4 is 5.78 Å². The molecule has 0 radical (unpaired) electrons. The van der Waals surface area contributed by atoms with Crippen LogP contribution >= 0.6 is 0 Å². The third-order valence-electron chi connectivity index (χ3n) is 8.85. The van der Waals surface area contributed by atoms with Crippen LogP contribution in [-0.2, 0) is 4.79 Å². The topological polar surface area (TPSA) is 35.5 Å². The normalized spacial score (nSPS) is 35.5. The van der Waals surface area contributed by atoms with Crippen LogP contribution in [0.25, 0.3) is 0 Å². The summed E-state index contributed by atoms with van der Waals surface area (Å²) in [5.41, 5.74) is 6.04. The highest BCUT2D eigenvalue weighted by Crippen LogP contribution is 2.65. The lowest BCUT2D eigenvalue weighted by Crippen LogP contribution is -2.43. The predicted octanol–water partition coefficient (Wildman–Crippen LogP) is 5.95. The molecule has 2 saturated carbocycles. The van der Waals surface area contributed by atoms with Crippen LogP contribution in [0.1, 0.15) is 70.3 Å². The van der Waals surface area contributed by atoms with E-state index in [2.05, 4.69) is 37.0 Å². The Bertz CT molecular complexity index is 1080. The molecule has 0 bridgehead atoms. The molecule has 0 N–H and O–H groups in total. The van der Waals surface area contributed by atoms with E-state index in [0.717, 1.165) is 30.8 Å². The van der Waals surface area contributed by atoms with E-state index < -0.39 is 0 Å². The number of fused-ring (bicyclic) bond motifs is 5. The van der Waals surface area contributed by atoms with Crippen LogP contribution in [0.2, 0.25) is 0 Å². The number of benzene rings is 1. The zero-order valence-corrected chi connectivity index (χ0v) is 18.5. The zero-order valence-electron chi connectivity index (χ0n) is 18.5. The van der Waals surface area contributed by atoms with Crippen molar-refractivity contribution in [3.8, 4) is 23.3 Å². The van der Waals surface area contributed by atoms with Gasteiger partial charge >= 0.3 is 0 Å². The van der Waals surface area contributed by atoms with Crippen LogP contribution in [0, 0.1) is 35.0 Å². The molecule has 1 aromatic carbocycles. The molecule has 0 aromatic heterocycles. The first-order valence-corrected chi connectivity index (χ1v) is 11.9. The highest BCUT2D eigenvalue weighted by Gasteiger charge is 2.56. The van der Waals surface area contributed by atoms with E-state index in [9.17, 15) is 4.79 Å². The first-order valence-electron chi connectivity index (χ1n) is 11.9. The molecule has 0 spiro atoms. The fourth-order valence-electron chi connectivity index (χ4n) is 7.50. The second kappa shape index (κ2) is 7.02. The molecule has 0 unspecified atom stereocenters. The molecule has 31 heavy (non-hydrogen) atoms. The molecule has 1 heterocycles. The molecular formula is C28H30O3. The smallest absolute Gasteiger partial charge is 0.231 e. The van der Waals surface area contributed by atoms with Gasteiger partial charge in [0.1, 0.15) is 0 Å². The van der Waals surface area contributed by atoms with Crippen LogP contribution in [0.15, 0.2) is 41.0 Å². The molecule has 0 saturated heterocycles. The summed E-state index contributed by atoms with van der Waals surface area (Å²) in [7, 11) is 0. The van der Waals surface area contributed by atoms with E-state index in [1.807, 2.05) is 13.0 Å². The van der Waals surface area contributed by atoms with Gasteiger partial charge in [-0.15, -0.1) is 5.92 Å². The second-order valence-corrected chi connectivity index (χ2v) is 10.2. The maximum atomic E-state index is 12.2. The summed E-state index contributed by atoms with van der Waals surface area (Å²) in [6.07, 6.45) is 9.39. The van der Waals surface area contributed by atoms with Crippen molar-refractivity contribution < 1.29 is 14.3 Å². The van der Waals surface area contributed by atoms with Gasteiger partial charge in [0.15, 0.2) is 17.3 Å². The first kappa shape index (κ1) is 19.2. The number of hydrogen-bond acceptors (Lipinski definition) is 3. The Hall–Kier alpha value is -2.47. The molecule has 5 atom stereocenters. The van der Waals surface area contributed by atoms with Gasteiger partial charge in [0.25, 0.3) is 0 Å². The molecule has 4 aliphatic carbocycles. The zero-order chi connectivity index (χ0) is 21.2. The maximum Gasteiger partial charge on any atom is 0.231 e. The summed E-state index contributed by atoms with van der Waals surface area (Å²) in [6, 6.07) is 6.53. The van der Waals surface area contributed by atoms with Crippen LogP contribution in [0.4, 0.5) is 0 Å². The summed E-state index contributed by atoms with van der Waals surface area (Å²) >= 11 is 0. The van der Waals surface area contributed by atoms with Crippen molar-refractivity contribution in [3.05, 3.63) is 46.6 Å². The van der Waals surface area contributed by atoms with Gasteiger partial charge in [-0.3, -0.25) is 4.79 Å². The summed E-state index contributed by atoms with van der Waals surface area (Å²) in [6.45, 7) is 4.80. The van der Waals surface area contributed by atoms with Crippen LogP contribution < -0.4 is 9.47 Å². The highest BCUT2D eigenvalue weighted by atomic mass is 16.7. The number of carbonyl (C=O) groups is 1. The van der Waals surface area contributed by atoms with E-state index in [1.165, 1.54) is 36.0 Å². The SMILES string of the molecule is CC#C[C@H]1CC[C@H]2[C@@H]3CCC4=CC(=O)CCC4=C3[C@@H](c3ccc4c(c3)OCO4)C[C@]12C. The molecule has 6 rings (SSSR count). The fraction of sp³-hybridized carbons (Fsp3) is 0.536. The fourth-order valence-corrected chi connectivity index (χ4v) is 7.50. The van der Waals surface area contributed by atoms with E-state index >= 15 is 0 Å². The second-order valence-electron chi connectivity index (χ2n) is 10.2. The van der Waals surface area contributed by atoms with Gasteiger partial charge in [-0.1, -0.05) is 24.5 Å². The van der Waals surface area contributed by atoms with Crippen LogP contribution in [0.5, 0.6) is 11.5 Å². The average Bonchev–Trinajstić information content (AvgIpc) is 3.37. The molecule has 0 amide bonds. The van der Waals surface area contributed by atoms with Crippen LogP contribution in [-0.4, -0.2) is 12.6 Å². The van der Waals surface area contributed by atoms with Crippen molar-refractivity contribution in [2.24, 2.45) is 23.2 Å². The van der Waals surface area contributed by atoms with E-state index in [0.29, 0.717) is 42.7 Å². The molecule has 2 fully saturated rings. The number of rotatable bonds is 1. The summed E-state index contributed by atoms with van der Waals surface area (Å²) < 4.78 is 11.3. The summed E-state index contributed by atoms with van der Waals surface area (Å²) in [5, 5.41) is 0. The monoisotopic (exact) mass is 414 g/mol. The minimum Gasteiger partial charge on any atom is -0.454 e. The quantitative estimate of drug-likeness (QED) is 0.532. The third kappa shape index (κ3) is 2.84. The number of hydrogen-bond donors (Lipinski definition) is 0. The Kier molecular flexibility index (Phi) is 4.36. The maximum absolute atomic E-state index is 12.2. The minimum absolute atomic E-state index is 0.241. The van der Waals surface area contributed by atoms with Gasteiger partial charge in [-0.05, 0) is 97.6 Å². The Balaban J connectivity index is 1.52. The summed E-state index contributed by atoms with van der Waals surface area (Å²) in [4.78, 5) is 12.2. The predicted molar refractivity (Wildman–Crippen MR) is 120 cm³/mol. The first-order chi connectivity index (χ1) is 15.1. The molecule has 1 aromatic rings. The molecule has 5 aliphatic rings. The van der Waals surface area contributed by atoms with E-state index in [-0.39, 0.29) is 5.41 Å². The van der Waals surface area contributed by atoms with E-state index in [4.69, 9.17) is 9.47 Å². The Morgan fingerprint density at radius 3 is 2.81 bits per heavy atom. The molecule has 1 aliphatic heterocycles. The van der Waals surface area contributed by atoms with Crippen molar-refractivity contribution in [1.29, 1.82) is 0 Å². The lowest BCUT2D eigenvalue weighted by molar-refractivity contribution is -0.114.